The van der Waals surface area contributed by atoms with Gasteiger partial charge >= 0.3 is 0 Å². The lowest BCUT2D eigenvalue weighted by atomic mass is 10.1. The van der Waals surface area contributed by atoms with Crippen LogP contribution in [0.2, 0.25) is 10.0 Å². The average Bonchev–Trinajstić information content (AvgIpc) is 3.19. The van der Waals surface area contributed by atoms with E-state index in [1.807, 2.05) is 36.4 Å². The first-order valence-electron chi connectivity index (χ1n) is 10.1. The number of ether oxygens (including phenoxy) is 1. The van der Waals surface area contributed by atoms with Crippen molar-refractivity contribution in [1.82, 2.24) is 9.78 Å². The van der Waals surface area contributed by atoms with E-state index in [-0.39, 0.29) is 29.3 Å². The van der Waals surface area contributed by atoms with Crippen LogP contribution < -0.4 is 10.5 Å². The molecule has 0 saturated carbocycles. The summed E-state index contributed by atoms with van der Waals surface area (Å²) in [5.41, 5.74) is 9.01. The number of allylic oxidation sites excluding steroid dienone is 1. The molecule has 3 aromatic carbocycles. The molecule has 166 valence electrons. The van der Waals surface area contributed by atoms with Gasteiger partial charge in [-0.1, -0.05) is 59.6 Å². The molecule has 1 heterocycles. The molecule has 0 atom stereocenters. The number of nitrogens with zero attached hydrogens (tertiary/aromatic N) is 4. The lowest BCUT2D eigenvalue weighted by Gasteiger charge is -2.08. The molecule has 4 aromatic rings. The third-order valence-corrected chi connectivity index (χ3v) is 5.60. The van der Waals surface area contributed by atoms with Crippen LogP contribution in [0.15, 0.2) is 72.8 Å². The zero-order valence-electron chi connectivity index (χ0n) is 17.7. The summed E-state index contributed by atoms with van der Waals surface area (Å²) in [6, 6.07) is 25.8. The van der Waals surface area contributed by atoms with Gasteiger partial charge in [-0.15, -0.1) is 0 Å². The summed E-state index contributed by atoms with van der Waals surface area (Å²) in [6.07, 6.45) is 1.65. The van der Waals surface area contributed by atoms with E-state index in [1.54, 1.807) is 42.5 Å². The van der Waals surface area contributed by atoms with E-state index in [0.29, 0.717) is 21.5 Å². The van der Waals surface area contributed by atoms with Gasteiger partial charge in [-0.3, -0.25) is 0 Å². The van der Waals surface area contributed by atoms with E-state index >= 15 is 0 Å². The maximum atomic E-state index is 9.78. The molecular formula is C26H17Cl2N5O. The number of nitrogens with two attached hydrogens (primary N) is 1. The molecule has 8 heteroatoms. The Morgan fingerprint density at radius 3 is 2.41 bits per heavy atom. The summed E-state index contributed by atoms with van der Waals surface area (Å²) >= 11 is 12.1. The van der Waals surface area contributed by atoms with Gasteiger partial charge in [0.05, 0.1) is 11.3 Å². The Balaban J connectivity index is 1.57. The molecule has 4 rings (SSSR count). The van der Waals surface area contributed by atoms with E-state index in [1.165, 1.54) is 4.68 Å². The highest BCUT2D eigenvalue weighted by Gasteiger charge is 2.19. The Labute approximate surface area is 206 Å². The summed E-state index contributed by atoms with van der Waals surface area (Å²) < 4.78 is 7.26. The Morgan fingerprint density at radius 1 is 1.03 bits per heavy atom. The first kappa shape index (κ1) is 22.9. The van der Waals surface area contributed by atoms with Crippen molar-refractivity contribution in [2.75, 3.05) is 5.73 Å². The average molecular weight is 486 g/mol. The van der Waals surface area contributed by atoms with Gasteiger partial charge in [-0.25, -0.2) is 4.68 Å². The van der Waals surface area contributed by atoms with Gasteiger partial charge in [-0.2, -0.15) is 15.6 Å². The molecule has 0 aliphatic rings. The predicted octanol–water partition coefficient (Wildman–Crippen LogP) is 6.28. The molecule has 0 spiro atoms. The lowest BCUT2D eigenvalue weighted by molar-refractivity contribution is 0.306. The van der Waals surface area contributed by atoms with E-state index in [4.69, 9.17) is 33.7 Å². The fourth-order valence-electron chi connectivity index (χ4n) is 3.28. The quantitative estimate of drug-likeness (QED) is 0.324. The monoisotopic (exact) mass is 485 g/mol. The van der Waals surface area contributed by atoms with Crippen LogP contribution in [0, 0.1) is 22.7 Å². The topological polar surface area (TPSA) is 101 Å². The van der Waals surface area contributed by atoms with Gasteiger partial charge in [-0.05, 0) is 48.0 Å². The second kappa shape index (κ2) is 10.1. The van der Waals surface area contributed by atoms with Crippen LogP contribution in [-0.4, -0.2) is 9.78 Å². The SMILES string of the molecule is N#C/C(=C\c1ccc(OCc2ccc(Cl)cc2Cl)cc1)c1nn(-c2ccccc2)c(N)c1C#N. The van der Waals surface area contributed by atoms with Crippen molar-refractivity contribution in [3.8, 4) is 23.6 Å². The third-order valence-electron chi connectivity index (χ3n) is 5.01. The van der Waals surface area contributed by atoms with E-state index in [2.05, 4.69) is 17.2 Å². The van der Waals surface area contributed by atoms with Gasteiger partial charge in [0.1, 0.15) is 41.6 Å². The minimum absolute atomic E-state index is 0.149. The first-order valence-corrected chi connectivity index (χ1v) is 10.9. The van der Waals surface area contributed by atoms with Crippen molar-refractivity contribution < 1.29 is 4.74 Å². The molecule has 2 N–H and O–H groups in total. The number of benzene rings is 3. The predicted molar refractivity (Wildman–Crippen MR) is 133 cm³/mol. The van der Waals surface area contributed by atoms with Crippen LogP contribution in [0.25, 0.3) is 17.3 Å². The van der Waals surface area contributed by atoms with Crippen LogP contribution in [0.1, 0.15) is 22.4 Å². The summed E-state index contributed by atoms with van der Waals surface area (Å²) in [5.74, 6) is 0.812. The summed E-state index contributed by atoms with van der Waals surface area (Å²) in [5, 5.41) is 25.0. The highest BCUT2D eigenvalue weighted by molar-refractivity contribution is 6.35. The number of hydrogen-bond acceptors (Lipinski definition) is 5. The number of aromatic nitrogens is 2. The fourth-order valence-corrected chi connectivity index (χ4v) is 3.74. The number of para-hydroxylation sites is 1. The second-order valence-electron chi connectivity index (χ2n) is 7.23. The highest BCUT2D eigenvalue weighted by atomic mass is 35.5. The van der Waals surface area contributed by atoms with Crippen LogP contribution in [0.3, 0.4) is 0 Å². The number of nitrogen functional groups attached to an aromatic ring is 1. The molecule has 1 aromatic heterocycles. The minimum atomic E-state index is 0.149. The summed E-state index contributed by atoms with van der Waals surface area (Å²) in [7, 11) is 0. The molecule has 0 radical (unpaired) electrons. The number of halogens is 2. The molecule has 34 heavy (non-hydrogen) atoms. The smallest absolute Gasteiger partial charge is 0.145 e. The third kappa shape index (κ3) is 4.89. The maximum absolute atomic E-state index is 9.78. The molecule has 0 amide bonds. The maximum Gasteiger partial charge on any atom is 0.145 e. The standard InChI is InChI=1S/C26H17Cl2N5O/c27-20-9-8-18(24(28)13-20)16-34-22-10-6-17(7-11-22)12-19(14-29)25-23(15-30)26(31)33(32-25)21-4-2-1-3-5-21/h1-13H,16,31H2/b19-12+. The van der Waals surface area contributed by atoms with Crippen molar-refractivity contribution in [1.29, 1.82) is 10.5 Å². The normalized spacial score (nSPS) is 11.0. The van der Waals surface area contributed by atoms with Crippen LogP contribution >= 0.6 is 23.2 Å². The fraction of sp³-hybridized carbons (Fsp3) is 0.0385. The van der Waals surface area contributed by atoms with E-state index < -0.39 is 0 Å². The summed E-state index contributed by atoms with van der Waals surface area (Å²) in [4.78, 5) is 0. The van der Waals surface area contributed by atoms with Crippen LogP contribution in [0.5, 0.6) is 5.75 Å². The van der Waals surface area contributed by atoms with Crippen molar-refractivity contribution >= 4 is 40.7 Å². The van der Waals surface area contributed by atoms with Crippen molar-refractivity contribution in [2.45, 2.75) is 6.61 Å². The highest BCUT2D eigenvalue weighted by Crippen LogP contribution is 2.28. The van der Waals surface area contributed by atoms with Gasteiger partial charge in [0.15, 0.2) is 0 Å². The van der Waals surface area contributed by atoms with Crippen molar-refractivity contribution in [3.63, 3.8) is 0 Å². The Kier molecular flexibility index (Phi) is 6.85. The summed E-state index contributed by atoms with van der Waals surface area (Å²) in [6.45, 7) is 0.288. The molecular weight excluding hydrogens is 469 g/mol. The Morgan fingerprint density at radius 2 is 1.76 bits per heavy atom. The van der Waals surface area contributed by atoms with E-state index in [0.717, 1.165) is 11.1 Å². The van der Waals surface area contributed by atoms with Gasteiger partial charge in [0.2, 0.25) is 0 Å². The molecule has 6 nitrogen and oxygen atoms in total. The zero-order valence-corrected chi connectivity index (χ0v) is 19.3. The van der Waals surface area contributed by atoms with Gasteiger partial charge < -0.3 is 10.5 Å². The molecule has 0 aliphatic heterocycles. The Bertz CT molecular complexity index is 1450. The van der Waals surface area contributed by atoms with Crippen molar-refractivity contribution in [3.05, 3.63) is 105 Å². The van der Waals surface area contributed by atoms with Gasteiger partial charge in [0, 0.05) is 15.6 Å². The largest absolute Gasteiger partial charge is 0.489 e. The lowest BCUT2D eigenvalue weighted by Crippen LogP contribution is -2.02. The molecule has 0 aliphatic carbocycles. The zero-order chi connectivity index (χ0) is 24.1. The van der Waals surface area contributed by atoms with Gasteiger partial charge in [0.25, 0.3) is 0 Å². The molecule has 0 bridgehead atoms. The number of nitriles is 2. The second-order valence-corrected chi connectivity index (χ2v) is 8.07. The number of hydrogen-bond donors (Lipinski definition) is 1. The minimum Gasteiger partial charge on any atom is -0.489 e. The van der Waals surface area contributed by atoms with Crippen LogP contribution in [0.4, 0.5) is 5.82 Å². The Hall–Kier alpha value is -4.23. The van der Waals surface area contributed by atoms with Crippen molar-refractivity contribution in [2.24, 2.45) is 0 Å². The molecule has 0 saturated heterocycles. The molecule has 0 unspecified atom stereocenters. The first-order chi connectivity index (χ1) is 16.5. The molecule has 0 fully saturated rings. The number of rotatable bonds is 6. The van der Waals surface area contributed by atoms with E-state index in [9.17, 15) is 10.5 Å². The number of anilines is 1. The van der Waals surface area contributed by atoms with Crippen LogP contribution in [-0.2, 0) is 6.61 Å².